The number of benzene rings is 1. The van der Waals surface area contributed by atoms with Gasteiger partial charge in [-0.2, -0.15) is 0 Å². The van der Waals surface area contributed by atoms with Crippen LogP contribution in [0.25, 0.3) is 0 Å². The predicted molar refractivity (Wildman–Crippen MR) is 49.6 cm³/mol. The van der Waals surface area contributed by atoms with Crippen LogP contribution in [-0.2, 0) is 4.74 Å². The van der Waals surface area contributed by atoms with Gasteiger partial charge in [0.25, 0.3) is 0 Å². The van der Waals surface area contributed by atoms with Crippen LogP contribution >= 0.6 is 0 Å². The molecule has 1 aliphatic rings. The highest BCUT2D eigenvalue weighted by Gasteiger charge is 2.18. The van der Waals surface area contributed by atoms with E-state index in [1.165, 1.54) is 18.2 Å². The van der Waals surface area contributed by atoms with E-state index in [2.05, 4.69) is 5.32 Å². The van der Waals surface area contributed by atoms with Crippen LogP contribution in [0.2, 0.25) is 0 Å². The molecule has 2 N–H and O–H groups in total. The van der Waals surface area contributed by atoms with Crippen LogP contribution in [0.3, 0.4) is 0 Å². The maximum Gasteiger partial charge on any atom is 0.128 e. The molecule has 0 unspecified atom stereocenters. The van der Waals surface area contributed by atoms with E-state index in [1.54, 1.807) is 0 Å². The summed E-state index contributed by atoms with van der Waals surface area (Å²) in [5.74, 6) is -0.237. The molecule has 1 aromatic rings. The molecule has 0 amide bonds. The van der Waals surface area contributed by atoms with Gasteiger partial charge < -0.3 is 15.2 Å². The molecule has 0 spiro atoms. The van der Waals surface area contributed by atoms with E-state index in [-0.39, 0.29) is 17.6 Å². The lowest BCUT2D eigenvalue weighted by Crippen LogP contribution is -2.35. The van der Waals surface area contributed by atoms with Gasteiger partial charge in [-0.1, -0.05) is 0 Å². The van der Waals surface area contributed by atoms with Crippen molar-refractivity contribution in [1.82, 2.24) is 5.32 Å². The Hall–Kier alpha value is -1.13. The third kappa shape index (κ3) is 1.86. The Morgan fingerprint density at radius 1 is 1.50 bits per heavy atom. The molecule has 1 heterocycles. The van der Waals surface area contributed by atoms with E-state index in [1.807, 2.05) is 0 Å². The SMILES string of the molecule is Oc1ccc(F)c([C@H]2COCCN2)c1. The summed E-state index contributed by atoms with van der Waals surface area (Å²) in [6.45, 7) is 1.80. The van der Waals surface area contributed by atoms with Crippen molar-refractivity contribution in [1.29, 1.82) is 0 Å². The second kappa shape index (κ2) is 3.94. The van der Waals surface area contributed by atoms with Gasteiger partial charge >= 0.3 is 0 Å². The number of halogens is 1. The van der Waals surface area contributed by atoms with Gasteiger partial charge in [-0.25, -0.2) is 4.39 Å². The second-order valence-corrected chi connectivity index (χ2v) is 3.29. The minimum atomic E-state index is -0.314. The second-order valence-electron chi connectivity index (χ2n) is 3.29. The molecule has 1 saturated heterocycles. The molecule has 0 bridgehead atoms. The summed E-state index contributed by atoms with van der Waals surface area (Å²) in [5, 5.41) is 12.4. The fourth-order valence-corrected chi connectivity index (χ4v) is 1.56. The van der Waals surface area contributed by atoms with Crippen molar-refractivity contribution in [2.24, 2.45) is 0 Å². The molecule has 0 aromatic heterocycles. The summed E-state index contributed by atoms with van der Waals surface area (Å²) < 4.78 is 18.6. The highest BCUT2D eigenvalue weighted by Crippen LogP contribution is 2.23. The predicted octanol–water partition coefficient (Wildman–Crippen LogP) is 1.19. The molecule has 76 valence electrons. The van der Waals surface area contributed by atoms with Crippen molar-refractivity contribution in [3.05, 3.63) is 29.6 Å². The molecule has 14 heavy (non-hydrogen) atoms. The molecule has 0 aliphatic carbocycles. The number of phenols is 1. The quantitative estimate of drug-likeness (QED) is 0.710. The summed E-state index contributed by atoms with van der Waals surface area (Å²) in [5.41, 5.74) is 0.463. The summed E-state index contributed by atoms with van der Waals surface area (Å²) in [6.07, 6.45) is 0. The van der Waals surface area contributed by atoms with E-state index in [9.17, 15) is 9.50 Å². The van der Waals surface area contributed by atoms with Crippen molar-refractivity contribution in [2.45, 2.75) is 6.04 Å². The Morgan fingerprint density at radius 2 is 2.36 bits per heavy atom. The molecule has 1 fully saturated rings. The minimum absolute atomic E-state index is 0.0776. The third-order valence-electron chi connectivity index (χ3n) is 2.28. The van der Waals surface area contributed by atoms with E-state index in [0.717, 1.165) is 0 Å². The van der Waals surface area contributed by atoms with Gasteiger partial charge in [0.05, 0.1) is 19.3 Å². The van der Waals surface area contributed by atoms with Gasteiger partial charge in [0.2, 0.25) is 0 Å². The van der Waals surface area contributed by atoms with Gasteiger partial charge in [-0.05, 0) is 18.2 Å². The van der Waals surface area contributed by atoms with E-state index in [4.69, 9.17) is 4.74 Å². The minimum Gasteiger partial charge on any atom is -0.508 e. The number of morpholine rings is 1. The molecule has 1 atom stereocenters. The number of aromatic hydroxyl groups is 1. The summed E-state index contributed by atoms with van der Waals surface area (Å²) in [6, 6.07) is 3.88. The monoisotopic (exact) mass is 197 g/mol. The Kier molecular flexibility index (Phi) is 2.65. The van der Waals surface area contributed by atoms with Crippen molar-refractivity contribution < 1.29 is 14.2 Å². The average Bonchev–Trinajstić information content (AvgIpc) is 2.23. The standard InChI is InChI=1S/C10H12FNO2/c11-9-2-1-7(13)5-8(9)10-6-14-4-3-12-10/h1-2,5,10,12-13H,3-4,6H2/t10-/m1/s1. The first-order valence-electron chi connectivity index (χ1n) is 4.57. The van der Waals surface area contributed by atoms with E-state index in [0.29, 0.717) is 25.3 Å². The largest absolute Gasteiger partial charge is 0.508 e. The van der Waals surface area contributed by atoms with Crippen molar-refractivity contribution in [3.8, 4) is 5.75 Å². The molecule has 1 aromatic carbocycles. The zero-order valence-electron chi connectivity index (χ0n) is 7.66. The van der Waals surface area contributed by atoms with Crippen LogP contribution in [0, 0.1) is 5.82 Å². The number of hydrogen-bond donors (Lipinski definition) is 2. The number of hydrogen-bond acceptors (Lipinski definition) is 3. The zero-order valence-corrected chi connectivity index (χ0v) is 7.66. The lowest BCUT2D eigenvalue weighted by Gasteiger charge is -2.24. The van der Waals surface area contributed by atoms with Gasteiger partial charge in [0.1, 0.15) is 11.6 Å². The number of rotatable bonds is 1. The molecule has 3 nitrogen and oxygen atoms in total. The van der Waals surface area contributed by atoms with Crippen LogP contribution in [-0.4, -0.2) is 24.9 Å². The average molecular weight is 197 g/mol. The summed E-state index contributed by atoms with van der Waals surface area (Å²) in [7, 11) is 0. The summed E-state index contributed by atoms with van der Waals surface area (Å²) in [4.78, 5) is 0. The Morgan fingerprint density at radius 3 is 3.07 bits per heavy atom. The Balaban J connectivity index is 2.24. The highest BCUT2D eigenvalue weighted by molar-refractivity contribution is 5.31. The molecular weight excluding hydrogens is 185 g/mol. The van der Waals surface area contributed by atoms with Crippen LogP contribution in [0.1, 0.15) is 11.6 Å². The topological polar surface area (TPSA) is 41.5 Å². The third-order valence-corrected chi connectivity index (χ3v) is 2.28. The first kappa shape index (κ1) is 9.43. The van der Waals surface area contributed by atoms with Crippen molar-refractivity contribution in [2.75, 3.05) is 19.8 Å². The smallest absolute Gasteiger partial charge is 0.128 e. The molecule has 4 heteroatoms. The summed E-state index contributed by atoms with van der Waals surface area (Å²) >= 11 is 0. The molecular formula is C10H12FNO2. The maximum atomic E-state index is 13.3. The van der Waals surface area contributed by atoms with Gasteiger partial charge in [0, 0.05) is 12.1 Å². The highest BCUT2D eigenvalue weighted by atomic mass is 19.1. The van der Waals surface area contributed by atoms with Crippen molar-refractivity contribution >= 4 is 0 Å². The fourth-order valence-electron chi connectivity index (χ4n) is 1.56. The zero-order chi connectivity index (χ0) is 9.97. The lowest BCUT2D eigenvalue weighted by atomic mass is 10.1. The van der Waals surface area contributed by atoms with Gasteiger partial charge in [-0.3, -0.25) is 0 Å². The van der Waals surface area contributed by atoms with Crippen LogP contribution in [0.5, 0.6) is 5.75 Å². The van der Waals surface area contributed by atoms with Crippen LogP contribution in [0.15, 0.2) is 18.2 Å². The van der Waals surface area contributed by atoms with E-state index < -0.39 is 0 Å². The number of nitrogens with one attached hydrogen (secondary N) is 1. The molecule has 0 radical (unpaired) electrons. The van der Waals surface area contributed by atoms with Gasteiger partial charge in [-0.15, -0.1) is 0 Å². The van der Waals surface area contributed by atoms with E-state index >= 15 is 0 Å². The first-order valence-corrected chi connectivity index (χ1v) is 4.57. The van der Waals surface area contributed by atoms with Crippen molar-refractivity contribution in [3.63, 3.8) is 0 Å². The number of phenolic OH excluding ortho intramolecular Hbond substituents is 1. The maximum absolute atomic E-state index is 13.3. The molecule has 2 rings (SSSR count). The Bertz CT molecular complexity index is 324. The number of ether oxygens (including phenoxy) is 1. The normalized spacial score (nSPS) is 22.2. The molecule has 0 saturated carbocycles. The van der Waals surface area contributed by atoms with Gasteiger partial charge in [0.15, 0.2) is 0 Å². The Labute approximate surface area is 81.5 Å². The van der Waals surface area contributed by atoms with Crippen LogP contribution < -0.4 is 5.32 Å². The lowest BCUT2D eigenvalue weighted by molar-refractivity contribution is 0.0757. The fraction of sp³-hybridized carbons (Fsp3) is 0.400. The van der Waals surface area contributed by atoms with Crippen LogP contribution in [0.4, 0.5) is 4.39 Å². The first-order chi connectivity index (χ1) is 6.77. The molecule has 1 aliphatic heterocycles.